The zero-order valence-electron chi connectivity index (χ0n) is 9.28. The molecule has 0 saturated heterocycles. The van der Waals surface area contributed by atoms with Crippen molar-refractivity contribution in [1.29, 1.82) is 0 Å². The predicted octanol–water partition coefficient (Wildman–Crippen LogP) is 0.921. The maximum atomic E-state index is 12.7. The molecule has 8 heteroatoms. The third kappa shape index (κ3) is 4.82. The van der Waals surface area contributed by atoms with Crippen LogP contribution in [-0.4, -0.2) is 41.7 Å². The van der Waals surface area contributed by atoms with Gasteiger partial charge >= 0.3 is 17.3 Å². The Bertz CT molecular complexity index is 261. The fourth-order valence-electron chi connectivity index (χ4n) is 1.01. The molecule has 5 nitrogen and oxygen atoms in total. The molecule has 0 heterocycles. The number of halogens is 3. The topological polar surface area (TPSA) is 72.8 Å². The van der Waals surface area contributed by atoms with Crippen LogP contribution in [0.5, 0.6) is 0 Å². The number of aliphatic hydroxyl groups is 1. The second-order valence-corrected chi connectivity index (χ2v) is 3.47. The second-order valence-electron chi connectivity index (χ2n) is 2.97. The highest BCUT2D eigenvalue weighted by molar-refractivity contribution is 6.22. The summed E-state index contributed by atoms with van der Waals surface area (Å²) in [6.07, 6.45) is -2.71. The second kappa shape index (κ2) is 6.70. The fourth-order valence-corrected chi connectivity index (χ4v) is 1.13. The fraction of sp³-hybridized carbons (Fsp3) is 0.778. The molecule has 0 aliphatic heterocycles. The van der Waals surface area contributed by atoms with E-state index >= 15 is 0 Å². The standard InChI is InChI=1S/C9H13ClF2O5/c1-3-16-7(14)5(8(15)17-4-2)6(13)9(10,11)12/h5-6,13H,3-4H2,1-2H3. The number of hydrogen-bond donors (Lipinski definition) is 1. The molecule has 0 fully saturated rings. The molecule has 0 spiro atoms. The quantitative estimate of drug-likeness (QED) is 0.443. The molecule has 0 rings (SSSR count). The van der Waals surface area contributed by atoms with Gasteiger partial charge in [-0.1, -0.05) is 0 Å². The Balaban J connectivity index is 4.97. The summed E-state index contributed by atoms with van der Waals surface area (Å²) in [7, 11) is 0. The van der Waals surface area contributed by atoms with Gasteiger partial charge in [0, 0.05) is 0 Å². The van der Waals surface area contributed by atoms with Crippen molar-refractivity contribution in [1.82, 2.24) is 0 Å². The van der Waals surface area contributed by atoms with Crippen molar-refractivity contribution in [2.75, 3.05) is 13.2 Å². The first-order valence-corrected chi connectivity index (χ1v) is 5.21. The lowest BCUT2D eigenvalue weighted by Crippen LogP contribution is -2.45. The molecule has 0 amide bonds. The molecule has 0 aromatic carbocycles. The number of carbonyl (C=O) groups excluding carboxylic acids is 2. The molecule has 17 heavy (non-hydrogen) atoms. The van der Waals surface area contributed by atoms with Gasteiger partial charge < -0.3 is 14.6 Å². The van der Waals surface area contributed by atoms with Crippen molar-refractivity contribution in [2.45, 2.75) is 25.3 Å². The van der Waals surface area contributed by atoms with Crippen LogP contribution in [0.3, 0.4) is 0 Å². The summed E-state index contributed by atoms with van der Waals surface area (Å²) < 4.78 is 34.1. The number of ether oxygens (including phenoxy) is 2. The zero-order chi connectivity index (χ0) is 13.6. The summed E-state index contributed by atoms with van der Waals surface area (Å²) in [4.78, 5) is 22.5. The number of aliphatic hydroxyl groups excluding tert-OH is 1. The first-order chi connectivity index (χ1) is 7.75. The summed E-state index contributed by atoms with van der Waals surface area (Å²) in [5.74, 6) is -4.78. The lowest BCUT2D eigenvalue weighted by Gasteiger charge is -2.22. The highest BCUT2D eigenvalue weighted by Crippen LogP contribution is 2.29. The summed E-state index contributed by atoms with van der Waals surface area (Å²) in [5, 5.41) is 5.02. The molecule has 1 N–H and O–H groups in total. The van der Waals surface area contributed by atoms with E-state index in [2.05, 4.69) is 21.1 Å². The molecule has 1 unspecified atom stereocenters. The highest BCUT2D eigenvalue weighted by Gasteiger charge is 2.49. The Kier molecular flexibility index (Phi) is 6.33. The Hall–Kier alpha value is -0.950. The predicted molar refractivity (Wildman–Crippen MR) is 53.6 cm³/mol. The Morgan fingerprint density at radius 3 is 1.82 bits per heavy atom. The van der Waals surface area contributed by atoms with Crippen molar-refractivity contribution in [3.63, 3.8) is 0 Å². The minimum absolute atomic E-state index is 0.130. The van der Waals surface area contributed by atoms with E-state index in [1.165, 1.54) is 13.8 Å². The van der Waals surface area contributed by atoms with E-state index in [4.69, 9.17) is 5.11 Å². The molecule has 0 saturated carbocycles. The number of esters is 2. The van der Waals surface area contributed by atoms with Crippen LogP contribution in [0.4, 0.5) is 8.78 Å². The van der Waals surface area contributed by atoms with Crippen LogP contribution < -0.4 is 0 Å². The van der Waals surface area contributed by atoms with Gasteiger partial charge in [-0.25, -0.2) is 0 Å². The molecular formula is C9H13ClF2O5. The van der Waals surface area contributed by atoms with Gasteiger partial charge in [0.2, 0.25) is 0 Å². The SMILES string of the molecule is CCOC(=O)C(C(=O)OCC)C(O)C(F)(F)Cl. The Morgan fingerprint density at radius 1 is 1.24 bits per heavy atom. The van der Waals surface area contributed by atoms with Crippen LogP contribution in [0.25, 0.3) is 0 Å². The average Bonchev–Trinajstić information content (AvgIpc) is 2.17. The molecule has 0 aromatic heterocycles. The van der Waals surface area contributed by atoms with Gasteiger partial charge in [0.15, 0.2) is 12.0 Å². The number of rotatable bonds is 6. The molecule has 0 radical (unpaired) electrons. The summed E-state index contributed by atoms with van der Waals surface area (Å²) in [6, 6.07) is 0. The normalized spacial score (nSPS) is 13.4. The molecular weight excluding hydrogens is 262 g/mol. The Morgan fingerprint density at radius 2 is 1.59 bits per heavy atom. The van der Waals surface area contributed by atoms with E-state index in [1.54, 1.807) is 0 Å². The third-order valence-electron chi connectivity index (χ3n) is 1.73. The van der Waals surface area contributed by atoms with Crippen molar-refractivity contribution in [3.05, 3.63) is 0 Å². The lowest BCUT2D eigenvalue weighted by molar-refractivity contribution is -0.175. The maximum Gasteiger partial charge on any atom is 0.348 e. The minimum Gasteiger partial charge on any atom is -0.465 e. The molecule has 100 valence electrons. The van der Waals surface area contributed by atoms with Crippen LogP contribution in [-0.2, 0) is 19.1 Å². The highest BCUT2D eigenvalue weighted by atomic mass is 35.5. The zero-order valence-corrected chi connectivity index (χ0v) is 10.0. The summed E-state index contributed by atoms with van der Waals surface area (Å²) >= 11 is 4.57. The van der Waals surface area contributed by atoms with E-state index in [1.807, 2.05) is 0 Å². The van der Waals surface area contributed by atoms with Crippen molar-refractivity contribution in [3.8, 4) is 0 Å². The monoisotopic (exact) mass is 274 g/mol. The Labute approximate surface area is 102 Å². The van der Waals surface area contributed by atoms with E-state index in [0.717, 1.165) is 0 Å². The third-order valence-corrected chi connectivity index (χ3v) is 1.96. The van der Waals surface area contributed by atoms with Crippen LogP contribution in [0.2, 0.25) is 0 Å². The van der Waals surface area contributed by atoms with Gasteiger partial charge in [-0.15, -0.1) is 0 Å². The number of carbonyl (C=O) groups is 2. The van der Waals surface area contributed by atoms with Gasteiger partial charge in [0.25, 0.3) is 0 Å². The maximum absolute atomic E-state index is 12.7. The first kappa shape index (κ1) is 16.1. The van der Waals surface area contributed by atoms with Gasteiger partial charge in [-0.05, 0) is 25.4 Å². The molecule has 0 aliphatic rings. The van der Waals surface area contributed by atoms with Crippen LogP contribution in [0, 0.1) is 5.92 Å². The smallest absolute Gasteiger partial charge is 0.348 e. The molecule has 0 bridgehead atoms. The molecule has 1 atom stereocenters. The van der Waals surface area contributed by atoms with Gasteiger partial charge in [0.05, 0.1) is 13.2 Å². The van der Waals surface area contributed by atoms with Crippen molar-refractivity contribution < 1.29 is 33.0 Å². The average molecular weight is 275 g/mol. The number of alkyl halides is 3. The van der Waals surface area contributed by atoms with E-state index in [9.17, 15) is 18.4 Å². The van der Waals surface area contributed by atoms with Crippen molar-refractivity contribution >= 4 is 23.5 Å². The van der Waals surface area contributed by atoms with Crippen LogP contribution >= 0.6 is 11.6 Å². The summed E-state index contributed by atoms with van der Waals surface area (Å²) in [5.41, 5.74) is 0. The molecule has 0 aliphatic carbocycles. The van der Waals surface area contributed by atoms with Gasteiger partial charge in [-0.3, -0.25) is 9.59 Å². The van der Waals surface area contributed by atoms with E-state index < -0.39 is 29.3 Å². The van der Waals surface area contributed by atoms with Crippen LogP contribution in [0.15, 0.2) is 0 Å². The van der Waals surface area contributed by atoms with Gasteiger partial charge in [0.1, 0.15) is 0 Å². The minimum atomic E-state index is -4.13. The van der Waals surface area contributed by atoms with E-state index in [0.29, 0.717) is 0 Å². The molecule has 0 aromatic rings. The summed E-state index contributed by atoms with van der Waals surface area (Å²) in [6.45, 7) is 2.58. The first-order valence-electron chi connectivity index (χ1n) is 4.83. The lowest BCUT2D eigenvalue weighted by atomic mass is 10.0. The van der Waals surface area contributed by atoms with E-state index in [-0.39, 0.29) is 13.2 Å². The van der Waals surface area contributed by atoms with Gasteiger partial charge in [-0.2, -0.15) is 8.78 Å². The van der Waals surface area contributed by atoms with Crippen LogP contribution in [0.1, 0.15) is 13.8 Å². The largest absolute Gasteiger partial charge is 0.465 e. The van der Waals surface area contributed by atoms with Crippen molar-refractivity contribution in [2.24, 2.45) is 5.92 Å². The number of hydrogen-bond acceptors (Lipinski definition) is 5.